The van der Waals surface area contributed by atoms with E-state index in [-0.39, 0.29) is 0 Å². The molecule has 1 saturated carbocycles. The van der Waals surface area contributed by atoms with E-state index in [4.69, 9.17) is 0 Å². The van der Waals surface area contributed by atoms with E-state index in [2.05, 4.69) is 6.92 Å². The fraction of sp³-hybridized carbons (Fsp3) is 0.455. The first-order valence-electron chi connectivity index (χ1n) is 4.67. The minimum absolute atomic E-state index is 0.472. The Labute approximate surface area is 76.6 Å². The van der Waals surface area contributed by atoms with Gasteiger partial charge in [-0.2, -0.15) is 0 Å². The maximum atomic E-state index is 12.8. The molecule has 1 aromatic rings. The zero-order valence-electron chi connectivity index (χ0n) is 7.56. The van der Waals surface area contributed by atoms with Crippen LogP contribution in [0.5, 0.6) is 0 Å². The number of hydrogen-bond acceptors (Lipinski definition) is 0. The predicted octanol–water partition coefficient (Wildman–Crippen LogP) is 3.48. The van der Waals surface area contributed by atoms with Crippen LogP contribution in [0.3, 0.4) is 0 Å². The second kappa shape index (κ2) is 3.09. The smallest absolute Gasteiger partial charge is 0.159 e. The van der Waals surface area contributed by atoms with E-state index in [0.29, 0.717) is 11.8 Å². The molecule has 0 saturated heterocycles. The molecule has 13 heavy (non-hydrogen) atoms. The molecule has 0 aliphatic heterocycles. The largest absolute Gasteiger partial charge is 0.204 e. The van der Waals surface area contributed by atoms with Gasteiger partial charge in [0, 0.05) is 0 Å². The van der Waals surface area contributed by atoms with E-state index < -0.39 is 11.6 Å². The first kappa shape index (κ1) is 8.67. The normalized spacial score (nSPS) is 26.1. The van der Waals surface area contributed by atoms with Gasteiger partial charge in [0.25, 0.3) is 0 Å². The maximum Gasteiger partial charge on any atom is 0.159 e. The molecule has 0 aromatic heterocycles. The molecule has 0 bridgehead atoms. The van der Waals surface area contributed by atoms with Crippen molar-refractivity contribution in [2.24, 2.45) is 5.92 Å². The van der Waals surface area contributed by atoms with Crippen molar-refractivity contribution in [3.05, 3.63) is 35.4 Å². The van der Waals surface area contributed by atoms with Crippen LogP contribution >= 0.6 is 0 Å². The average Bonchev–Trinajstić information content (AvgIpc) is 2.88. The van der Waals surface area contributed by atoms with Crippen LogP contribution < -0.4 is 0 Å². The fourth-order valence-electron chi connectivity index (χ4n) is 1.85. The van der Waals surface area contributed by atoms with Gasteiger partial charge in [-0.25, -0.2) is 8.78 Å². The zero-order chi connectivity index (χ0) is 9.42. The summed E-state index contributed by atoms with van der Waals surface area (Å²) in [6.07, 6.45) is 2.26. The predicted molar refractivity (Wildman–Crippen MR) is 47.5 cm³/mol. The molecule has 0 spiro atoms. The molecule has 0 amide bonds. The number of hydrogen-bond donors (Lipinski definition) is 0. The van der Waals surface area contributed by atoms with Crippen LogP contribution in [0.25, 0.3) is 0 Å². The van der Waals surface area contributed by atoms with Crippen molar-refractivity contribution in [2.75, 3.05) is 0 Å². The molecule has 0 nitrogen and oxygen atoms in total. The van der Waals surface area contributed by atoms with Crippen molar-refractivity contribution in [1.29, 1.82) is 0 Å². The second-order valence-electron chi connectivity index (χ2n) is 3.68. The van der Waals surface area contributed by atoms with E-state index in [1.807, 2.05) is 0 Å². The third-order valence-corrected chi connectivity index (χ3v) is 2.82. The lowest BCUT2D eigenvalue weighted by molar-refractivity contribution is 0.507. The summed E-state index contributed by atoms with van der Waals surface area (Å²) < 4.78 is 25.4. The van der Waals surface area contributed by atoms with Gasteiger partial charge < -0.3 is 0 Å². The highest BCUT2D eigenvalue weighted by Crippen LogP contribution is 2.49. The Balaban J connectivity index is 2.19. The van der Waals surface area contributed by atoms with Crippen LogP contribution in [-0.4, -0.2) is 0 Å². The third kappa shape index (κ3) is 1.58. The Bertz CT molecular complexity index is 320. The van der Waals surface area contributed by atoms with E-state index in [1.165, 1.54) is 12.1 Å². The highest BCUT2D eigenvalue weighted by atomic mass is 19.2. The summed E-state index contributed by atoms with van der Waals surface area (Å²) in [4.78, 5) is 0. The van der Waals surface area contributed by atoms with Crippen molar-refractivity contribution >= 4 is 0 Å². The molecule has 2 heteroatoms. The van der Waals surface area contributed by atoms with E-state index in [9.17, 15) is 8.78 Å². The Morgan fingerprint density at radius 1 is 1.31 bits per heavy atom. The van der Waals surface area contributed by atoms with Crippen LogP contribution in [0.15, 0.2) is 18.2 Å². The van der Waals surface area contributed by atoms with E-state index in [1.54, 1.807) is 6.07 Å². The molecule has 1 aliphatic carbocycles. The van der Waals surface area contributed by atoms with Gasteiger partial charge >= 0.3 is 0 Å². The molecule has 2 unspecified atom stereocenters. The molecule has 0 N–H and O–H groups in total. The first-order valence-corrected chi connectivity index (χ1v) is 4.67. The van der Waals surface area contributed by atoms with Gasteiger partial charge in [0.2, 0.25) is 0 Å². The minimum atomic E-state index is -0.752. The van der Waals surface area contributed by atoms with Gasteiger partial charge in [0.05, 0.1) is 0 Å². The molecule has 2 atom stereocenters. The van der Waals surface area contributed by atoms with Crippen molar-refractivity contribution in [3.8, 4) is 0 Å². The second-order valence-corrected chi connectivity index (χ2v) is 3.68. The SMILES string of the molecule is CCC1CC1c1ccc(F)c(F)c1. The van der Waals surface area contributed by atoms with Gasteiger partial charge in [-0.3, -0.25) is 0 Å². The van der Waals surface area contributed by atoms with Gasteiger partial charge in [-0.05, 0) is 36.0 Å². The minimum Gasteiger partial charge on any atom is -0.204 e. The monoisotopic (exact) mass is 182 g/mol. The van der Waals surface area contributed by atoms with Crippen LogP contribution in [0, 0.1) is 17.6 Å². The van der Waals surface area contributed by atoms with Crippen LogP contribution in [0.1, 0.15) is 31.2 Å². The molecular formula is C11H12F2. The summed E-state index contributed by atoms with van der Waals surface area (Å²) in [5.74, 6) is -0.318. The van der Waals surface area contributed by atoms with Crippen molar-refractivity contribution in [2.45, 2.75) is 25.7 Å². The summed E-state index contributed by atoms with van der Waals surface area (Å²) in [6, 6.07) is 4.24. The first-order chi connectivity index (χ1) is 6.22. The van der Waals surface area contributed by atoms with Crippen LogP contribution in [0.4, 0.5) is 8.78 Å². The summed E-state index contributed by atoms with van der Waals surface area (Å²) in [5, 5.41) is 0. The lowest BCUT2D eigenvalue weighted by Crippen LogP contribution is -1.88. The van der Waals surface area contributed by atoms with E-state index >= 15 is 0 Å². The zero-order valence-corrected chi connectivity index (χ0v) is 7.56. The number of rotatable bonds is 2. The Kier molecular flexibility index (Phi) is 2.06. The number of benzene rings is 1. The Morgan fingerprint density at radius 3 is 2.62 bits per heavy atom. The maximum absolute atomic E-state index is 12.8. The molecule has 0 radical (unpaired) electrons. The Hall–Kier alpha value is -0.920. The highest BCUT2D eigenvalue weighted by molar-refractivity contribution is 5.26. The topological polar surface area (TPSA) is 0 Å². The molecule has 70 valence electrons. The summed E-state index contributed by atoms with van der Waals surface area (Å²) >= 11 is 0. The van der Waals surface area contributed by atoms with Gasteiger partial charge in [-0.1, -0.05) is 19.4 Å². The summed E-state index contributed by atoms with van der Waals surface area (Å²) in [6.45, 7) is 2.13. The van der Waals surface area contributed by atoms with Crippen molar-refractivity contribution in [1.82, 2.24) is 0 Å². The van der Waals surface area contributed by atoms with Crippen molar-refractivity contribution in [3.63, 3.8) is 0 Å². The standard InChI is InChI=1S/C11H12F2/c1-2-7-5-9(7)8-3-4-10(12)11(13)6-8/h3-4,6-7,9H,2,5H2,1H3. The van der Waals surface area contributed by atoms with Crippen LogP contribution in [-0.2, 0) is 0 Å². The molecular weight excluding hydrogens is 170 g/mol. The fourth-order valence-corrected chi connectivity index (χ4v) is 1.85. The molecule has 1 aliphatic rings. The lowest BCUT2D eigenvalue weighted by atomic mass is 10.1. The molecule has 0 heterocycles. The highest BCUT2D eigenvalue weighted by Gasteiger charge is 2.36. The van der Waals surface area contributed by atoms with Gasteiger partial charge in [-0.15, -0.1) is 0 Å². The number of halogens is 2. The summed E-state index contributed by atoms with van der Waals surface area (Å²) in [7, 11) is 0. The molecule has 1 fully saturated rings. The van der Waals surface area contributed by atoms with Crippen LogP contribution in [0.2, 0.25) is 0 Å². The van der Waals surface area contributed by atoms with Crippen molar-refractivity contribution < 1.29 is 8.78 Å². The van der Waals surface area contributed by atoms with Gasteiger partial charge in [0.15, 0.2) is 11.6 Å². The summed E-state index contributed by atoms with van der Waals surface area (Å²) in [5.41, 5.74) is 0.950. The van der Waals surface area contributed by atoms with E-state index in [0.717, 1.165) is 18.4 Å². The van der Waals surface area contributed by atoms with Gasteiger partial charge in [0.1, 0.15) is 0 Å². The molecule has 1 aromatic carbocycles. The third-order valence-electron chi connectivity index (χ3n) is 2.82. The average molecular weight is 182 g/mol. The molecule has 2 rings (SSSR count). The lowest BCUT2D eigenvalue weighted by Gasteiger charge is -1.99. The quantitative estimate of drug-likeness (QED) is 0.656. The Morgan fingerprint density at radius 2 is 2.08 bits per heavy atom.